The normalized spacial score (nSPS) is 16.7. The van der Waals surface area contributed by atoms with Gasteiger partial charge >= 0.3 is 0 Å². The molecule has 1 fully saturated rings. The molecule has 2 rings (SSSR count). The first-order valence-corrected chi connectivity index (χ1v) is 8.10. The number of amides is 1. The summed E-state index contributed by atoms with van der Waals surface area (Å²) in [7, 11) is 1.66. The Morgan fingerprint density at radius 2 is 2.09 bits per heavy atom. The van der Waals surface area contributed by atoms with Crippen molar-refractivity contribution in [3.8, 4) is 0 Å². The smallest absolute Gasteiger partial charge is 0.228 e. The number of hydrogen-bond donors (Lipinski definition) is 2. The second kappa shape index (κ2) is 8.87. The standard InChI is InChI=1S/C16H23BrN2O2.ClH/c1-12-9-14(17)4-3-13(12)10-19-15(20)16(11-21-2)5-7-18-8-6-16;/h3-4,9,18H,5-8,10-11H2,1-2H3,(H,19,20);1H. The number of halogens is 2. The summed E-state index contributed by atoms with van der Waals surface area (Å²) in [5, 5.41) is 6.39. The van der Waals surface area contributed by atoms with Crippen LogP contribution < -0.4 is 10.6 Å². The topological polar surface area (TPSA) is 50.4 Å². The molecule has 2 N–H and O–H groups in total. The fourth-order valence-corrected chi connectivity index (χ4v) is 3.31. The van der Waals surface area contributed by atoms with E-state index in [9.17, 15) is 4.79 Å². The first kappa shape index (κ1) is 19.4. The Morgan fingerprint density at radius 3 is 2.68 bits per heavy atom. The summed E-state index contributed by atoms with van der Waals surface area (Å²) in [4.78, 5) is 12.6. The molecule has 1 amide bonds. The Labute approximate surface area is 146 Å². The van der Waals surface area contributed by atoms with Crippen LogP contribution in [0.25, 0.3) is 0 Å². The highest BCUT2D eigenvalue weighted by Gasteiger charge is 2.39. The van der Waals surface area contributed by atoms with Crippen LogP contribution in [0.2, 0.25) is 0 Å². The molecule has 0 spiro atoms. The first-order valence-electron chi connectivity index (χ1n) is 7.30. The molecule has 0 bridgehead atoms. The van der Waals surface area contributed by atoms with Gasteiger partial charge in [-0.2, -0.15) is 0 Å². The maximum Gasteiger partial charge on any atom is 0.228 e. The van der Waals surface area contributed by atoms with Crippen LogP contribution in [0.1, 0.15) is 24.0 Å². The van der Waals surface area contributed by atoms with E-state index in [4.69, 9.17) is 4.74 Å². The minimum atomic E-state index is -0.386. The molecular weight excluding hydrogens is 368 g/mol. The predicted octanol–water partition coefficient (Wildman–Crippen LogP) is 2.81. The Kier molecular flexibility index (Phi) is 7.83. The fourth-order valence-electron chi connectivity index (χ4n) is 2.84. The molecule has 0 saturated carbocycles. The van der Waals surface area contributed by atoms with Gasteiger partial charge in [0.05, 0.1) is 12.0 Å². The van der Waals surface area contributed by atoms with E-state index in [1.54, 1.807) is 7.11 Å². The lowest BCUT2D eigenvalue weighted by atomic mass is 9.78. The third-order valence-electron chi connectivity index (χ3n) is 4.21. The van der Waals surface area contributed by atoms with Gasteiger partial charge in [-0.05, 0) is 56.1 Å². The van der Waals surface area contributed by atoms with E-state index >= 15 is 0 Å². The molecule has 1 aromatic carbocycles. The number of hydrogen-bond acceptors (Lipinski definition) is 3. The molecule has 0 unspecified atom stereocenters. The maximum absolute atomic E-state index is 12.6. The van der Waals surface area contributed by atoms with Gasteiger partial charge in [0.25, 0.3) is 0 Å². The second-order valence-electron chi connectivity index (χ2n) is 5.72. The van der Waals surface area contributed by atoms with Crippen molar-refractivity contribution in [3.05, 3.63) is 33.8 Å². The number of carbonyl (C=O) groups is 1. The van der Waals surface area contributed by atoms with E-state index < -0.39 is 0 Å². The highest BCUT2D eigenvalue weighted by molar-refractivity contribution is 9.10. The van der Waals surface area contributed by atoms with E-state index in [1.807, 2.05) is 12.1 Å². The van der Waals surface area contributed by atoms with E-state index in [1.165, 1.54) is 5.56 Å². The Morgan fingerprint density at radius 1 is 1.41 bits per heavy atom. The molecule has 4 nitrogen and oxygen atoms in total. The number of nitrogens with one attached hydrogen (secondary N) is 2. The first-order chi connectivity index (χ1) is 10.1. The Balaban J connectivity index is 0.00000242. The van der Waals surface area contributed by atoms with Crippen molar-refractivity contribution in [2.24, 2.45) is 5.41 Å². The van der Waals surface area contributed by atoms with Crippen LogP contribution in [-0.4, -0.2) is 32.7 Å². The van der Waals surface area contributed by atoms with Crippen LogP contribution >= 0.6 is 28.3 Å². The van der Waals surface area contributed by atoms with E-state index in [0.717, 1.165) is 36.0 Å². The highest BCUT2D eigenvalue weighted by atomic mass is 79.9. The largest absolute Gasteiger partial charge is 0.384 e. The molecule has 22 heavy (non-hydrogen) atoms. The van der Waals surface area contributed by atoms with Crippen molar-refractivity contribution >= 4 is 34.2 Å². The van der Waals surface area contributed by atoms with Gasteiger partial charge in [0.1, 0.15) is 0 Å². The lowest BCUT2D eigenvalue weighted by Gasteiger charge is -2.35. The van der Waals surface area contributed by atoms with E-state index in [0.29, 0.717) is 13.2 Å². The van der Waals surface area contributed by atoms with Crippen LogP contribution in [-0.2, 0) is 16.1 Å². The van der Waals surface area contributed by atoms with Gasteiger partial charge in [-0.1, -0.05) is 22.0 Å². The van der Waals surface area contributed by atoms with Gasteiger partial charge in [-0.15, -0.1) is 12.4 Å². The zero-order valence-corrected chi connectivity index (χ0v) is 15.5. The summed E-state index contributed by atoms with van der Waals surface area (Å²) in [6.45, 7) is 4.85. The molecule has 6 heteroatoms. The number of ether oxygens (including phenoxy) is 1. The SMILES string of the molecule is COCC1(C(=O)NCc2ccc(Br)cc2C)CCNCC1.Cl. The van der Waals surface area contributed by atoms with Crippen molar-refractivity contribution in [2.45, 2.75) is 26.3 Å². The summed E-state index contributed by atoms with van der Waals surface area (Å²) in [6.07, 6.45) is 1.65. The number of carbonyl (C=O) groups excluding carboxylic acids is 1. The van der Waals surface area contributed by atoms with Gasteiger partial charge in [0.15, 0.2) is 0 Å². The van der Waals surface area contributed by atoms with Crippen LogP contribution in [0.15, 0.2) is 22.7 Å². The van der Waals surface area contributed by atoms with Gasteiger partial charge < -0.3 is 15.4 Å². The number of aryl methyl sites for hydroxylation is 1. The lowest BCUT2D eigenvalue weighted by Crippen LogP contribution is -2.50. The summed E-state index contributed by atoms with van der Waals surface area (Å²) in [6, 6.07) is 6.12. The van der Waals surface area contributed by atoms with E-state index in [-0.39, 0.29) is 23.7 Å². The number of rotatable bonds is 5. The van der Waals surface area contributed by atoms with Crippen molar-refractivity contribution in [2.75, 3.05) is 26.8 Å². The Bertz CT molecular complexity index is 499. The maximum atomic E-state index is 12.6. The summed E-state index contributed by atoms with van der Waals surface area (Å²) < 4.78 is 6.36. The van der Waals surface area contributed by atoms with Crippen molar-refractivity contribution < 1.29 is 9.53 Å². The average Bonchev–Trinajstić information content (AvgIpc) is 2.47. The third kappa shape index (κ3) is 4.69. The summed E-state index contributed by atoms with van der Waals surface area (Å²) in [5.41, 5.74) is 1.94. The molecule has 1 aromatic rings. The highest BCUT2D eigenvalue weighted by Crippen LogP contribution is 2.29. The number of benzene rings is 1. The van der Waals surface area contributed by atoms with Crippen LogP contribution in [0, 0.1) is 12.3 Å². The van der Waals surface area contributed by atoms with Gasteiger partial charge in [0.2, 0.25) is 5.91 Å². The Hall–Kier alpha value is -0.620. The van der Waals surface area contributed by atoms with Crippen LogP contribution in [0.3, 0.4) is 0 Å². The zero-order valence-electron chi connectivity index (χ0n) is 13.1. The van der Waals surface area contributed by atoms with Gasteiger partial charge in [-0.3, -0.25) is 4.79 Å². The molecular formula is C16H24BrClN2O2. The quantitative estimate of drug-likeness (QED) is 0.811. The predicted molar refractivity (Wildman–Crippen MR) is 94.4 cm³/mol. The number of methoxy groups -OCH3 is 1. The molecule has 124 valence electrons. The second-order valence-corrected chi connectivity index (χ2v) is 6.63. The molecule has 0 radical (unpaired) electrons. The van der Waals surface area contributed by atoms with Gasteiger partial charge in [-0.25, -0.2) is 0 Å². The molecule has 1 saturated heterocycles. The van der Waals surface area contributed by atoms with Gasteiger partial charge in [0, 0.05) is 18.1 Å². The lowest BCUT2D eigenvalue weighted by molar-refractivity contribution is -0.136. The van der Waals surface area contributed by atoms with Crippen LogP contribution in [0.5, 0.6) is 0 Å². The molecule has 0 aromatic heterocycles. The fraction of sp³-hybridized carbons (Fsp3) is 0.562. The average molecular weight is 392 g/mol. The van der Waals surface area contributed by atoms with Crippen molar-refractivity contribution in [1.82, 2.24) is 10.6 Å². The molecule has 0 aliphatic carbocycles. The molecule has 1 aliphatic heterocycles. The van der Waals surface area contributed by atoms with Crippen LogP contribution in [0.4, 0.5) is 0 Å². The minimum absolute atomic E-state index is 0. The minimum Gasteiger partial charge on any atom is -0.384 e. The molecule has 1 heterocycles. The molecule has 0 atom stereocenters. The van der Waals surface area contributed by atoms with Crippen molar-refractivity contribution in [1.29, 1.82) is 0 Å². The number of piperidine rings is 1. The monoisotopic (exact) mass is 390 g/mol. The summed E-state index contributed by atoms with van der Waals surface area (Å²) in [5.74, 6) is 0.105. The van der Waals surface area contributed by atoms with E-state index in [2.05, 4.69) is 39.6 Å². The van der Waals surface area contributed by atoms with Crippen molar-refractivity contribution in [3.63, 3.8) is 0 Å². The third-order valence-corrected chi connectivity index (χ3v) is 4.70. The molecule has 1 aliphatic rings. The summed E-state index contributed by atoms with van der Waals surface area (Å²) >= 11 is 3.46. The zero-order chi connectivity index (χ0) is 15.3.